The van der Waals surface area contributed by atoms with Crippen molar-refractivity contribution in [3.8, 4) is 0 Å². The molecule has 1 heterocycles. The molecule has 1 aromatic rings. The van der Waals surface area contributed by atoms with Crippen LogP contribution >= 0.6 is 0 Å². The number of methoxy groups -OCH3 is 1. The van der Waals surface area contributed by atoms with Crippen molar-refractivity contribution in [2.45, 2.75) is 58.9 Å². The van der Waals surface area contributed by atoms with Gasteiger partial charge >= 0.3 is 0 Å². The second-order valence-electron chi connectivity index (χ2n) is 7.67. The summed E-state index contributed by atoms with van der Waals surface area (Å²) >= 11 is 0. The largest absolute Gasteiger partial charge is 0.385 e. The molecule has 0 unspecified atom stereocenters. The molecule has 0 amide bonds. The van der Waals surface area contributed by atoms with E-state index in [0.717, 1.165) is 63.4 Å². The minimum Gasteiger partial charge on any atom is -0.385 e. The van der Waals surface area contributed by atoms with E-state index in [1.165, 1.54) is 25.7 Å². The number of rotatable bonds is 12. The van der Waals surface area contributed by atoms with Gasteiger partial charge in [-0.25, -0.2) is 4.99 Å². The first-order chi connectivity index (χ1) is 13.6. The summed E-state index contributed by atoms with van der Waals surface area (Å²) in [6.45, 7) is 8.62. The normalized spacial score (nSPS) is 16.5. The van der Waals surface area contributed by atoms with Crippen LogP contribution in [0.3, 0.4) is 0 Å². The monoisotopic (exact) mass is 394 g/mol. The number of hydrogen-bond acceptors (Lipinski definition) is 5. The predicted molar refractivity (Wildman–Crippen MR) is 111 cm³/mol. The quantitative estimate of drug-likeness (QED) is 0.321. The zero-order chi connectivity index (χ0) is 20.2. The fourth-order valence-electron chi connectivity index (χ4n) is 3.68. The van der Waals surface area contributed by atoms with Crippen molar-refractivity contribution >= 4 is 5.96 Å². The Balaban J connectivity index is 1.96. The molecule has 1 aliphatic rings. The first-order valence-electron chi connectivity index (χ1n) is 10.5. The van der Waals surface area contributed by atoms with Crippen LogP contribution in [0.25, 0.3) is 0 Å². The standard InChI is InChI=1S/C20H38N6O2/c1-5-28-14-11-20(9-6-7-10-20)16-23-19(21-12-8-13-27-4)22-15-18-25-24-17(2)26(18)3/h5-16H2,1-4H3,(H2,21,22,23). The van der Waals surface area contributed by atoms with E-state index in [-0.39, 0.29) is 0 Å². The molecule has 1 fully saturated rings. The van der Waals surface area contributed by atoms with Crippen LogP contribution in [0.2, 0.25) is 0 Å². The average molecular weight is 395 g/mol. The summed E-state index contributed by atoms with van der Waals surface area (Å²) in [6.07, 6.45) is 7.17. The second-order valence-corrected chi connectivity index (χ2v) is 7.67. The van der Waals surface area contributed by atoms with Crippen LogP contribution in [-0.2, 0) is 23.1 Å². The number of nitrogens with zero attached hydrogens (tertiary/aromatic N) is 4. The van der Waals surface area contributed by atoms with Crippen molar-refractivity contribution in [1.29, 1.82) is 0 Å². The molecule has 1 aliphatic carbocycles. The number of hydrogen-bond donors (Lipinski definition) is 2. The Hall–Kier alpha value is -1.67. The number of aryl methyl sites for hydroxylation is 1. The van der Waals surface area contributed by atoms with Gasteiger partial charge in [-0.1, -0.05) is 12.8 Å². The lowest BCUT2D eigenvalue weighted by atomic mass is 9.83. The lowest BCUT2D eigenvalue weighted by molar-refractivity contribution is 0.105. The van der Waals surface area contributed by atoms with Crippen LogP contribution < -0.4 is 10.6 Å². The van der Waals surface area contributed by atoms with E-state index in [1.54, 1.807) is 7.11 Å². The van der Waals surface area contributed by atoms with Crippen molar-refractivity contribution in [2.75, 3.05) is 40.0 Å². The Morgan fingerprint density at radius 3 is 2.64 bits per heavy atom. The molecular weight excluding hydrogens is 356 g/mol. The van der Waals surface area contributed by atoms with E-state index < -0.39 is 0 Å². The highest BCUT2D eigenvalue weighted by atomic mass is 16.5. The Labute approximate surface area is 169 Å². The van der Waals surface area contributed by atoms with Gasteiger partial charge in [0, 0.05) is 47.1 Å². The Morgan fingerprint density at radius 1 is 1.21 bits per heavy atom. The van der Waals surface area contributed by atoms with Gasteiger partial charge in [0.15, 0.2) is 11.8 Å². The van der Waals surface area contributed by atoms with E-state index in [0.29, 0.717) is 12.0 Å². The smallest absolute Gasteiger partial charge is 0.191 e. The van der Waals surface area contributed by atoms with Crippen LogP contribution in [0.15, 0.2) is 4.99 Å². The minimum atomic E-state index is 0.311. The zero-order valence-corrected chi connectivity index (χ0v) is 18.1. The van der Waals surface area contributed by atoms with E-state index in [1.807, 2.05) is 18.5 Å². The number of guanidine groups is 1. The highest BCUT2D eigenvalue weighted by Crippen LogP contribution is 2.40. The first-order valence-corrected chi connectivity index (χ1v) is 10.5. The molecular formula is C20H38N6O2. The third kappa shape index (κ3) is 7.05. The summed E-state index contributed by atoms with van der Waals surface area (Å²) in [7, 11) is 3.70. The van der Waals surface area contributed by atoms with Crippen LogP contribution in [0, 0.1) is 12.3 Å². The molecule has 8 nitrogen and oxygen atoms in total. The van der Waals surface area contributed by atoms with E-state index in [2.05, 4.69) is 27.8 Å². The first kappa shape index (κ1) is 22.6. The van der Waals surface area contributed by atoms with E-state index in [4.69, 9.17) is 14.5 Å². The van der Waals surface area contributed by atoms with Gasteiger partial charge in [-0.15, -0.1) is 10.2 Å². The van der Waals surface area contributed by atoms with Crippen molar-refractivity contribution in [3.63, 3.8) is 0 Å². The molecule has 160 valence electrons. The van der Waals surface area contributed by atoms with Crippen molar-refractivity contribution < 1.29 is 9.47 Å². The van der Waals surface area contributed by atoms with Gasteiger partial charge in [-0.2, -0.15) is 0 Å². The van der Waals surface area contributed by atoms with Gasteiger partial charge < -0.3 is 24.7 Å². The maximum absolute atomic E-state index is 5.63. The molecule has 2 N–H and O–H groups in total. The van der Waals surface area contributed by atoms with Gasteiger partial charge in [0.1, 0.15) is 12.4 Å². The molecule has 1 aromatic heterocycles. The van der Waals surface area contributed by atoms with E-state index in [9.17, 15) is 0 Å². The fourth-order valence-corrected chi connectivity index (χ4v) is 3.68. The highest BCUT2D eigenvalue weighted by molar-refractivity contribution is 5.79. The number of ether oxygens (including phenoxy) is 2. The second kappa shape index (κ2) is 12.0. The molecule has 28 heavy (non-hydrogen) atoms. The summed E-state index contributed by atoms with van der Waals surface area (Å²) in [5, 5.41) is 15.3. The summed E-state index contributed by atoms with van der Waals surface area (Å²) in [5.74, 6) is 2.59. The van der Waals surface area contributed by atoms with Gasteiger partial charge in [0.2, 0.25) is 0 Å². The third-order valence-corrected chi connectivity index (χ3v) is 5.65. The van der Waals surface area contributed by atoms with Crippen LogP contribution in [-0.4, -0.2) is 60.7 Å². The minimum absolute atomic E-state index is 0.311. The van der Waals surface area contributed by atoms with Gasteiger partial charge in [-0.3, -0.25) is 0 Å². The summed E-state index contributed by atoms with van der Waals surface area (Å²) in [5.41, 5.74) is 0.311. The Bertz CT molecular complexity index is 596. The van der Waals surface area contributed by atoms with Crippen LogP contribution in [0.5, 0.6) is 0 Å². The SMILES string of the molecule is CCOCCC1(CNC(=NCc2nnc(C)n2C)NCCCOC)CCCC1. The summed E-state index contributed by atoms with van der Waals surface area (Å²) in [4.78, 5) is 4.75. The van der Waals surface area contributed by atoms with Gasteiger partial charge in [0.25, 0.3) is 0 Å². The highest BCUT2D eigenvalue weighted by Gasteiger charge is 2.33. The Kier molecular flexibility index (Phi) is 9.70. The van der Waals surface area contributed by atoms with Crippen LogP contribution in [0.1, 0.15) is 57.1 Å². The van der Waals surface area contributed by atoms with E-state index >= 15 is 0 Å². The Morgan fingerprint density at radius 2 is 2.00 bits per heavy atom. The zero-order valence-electron chi connectivity index (χ0n) is 18.1. The lowest BCUT2D eigenvalue weighted by Gasteiger charge is -2.30. The predicted octanol–water partition coefficient (Wildman–Crippen LogP) is 2.18. The molecule has 0 bridgehead atoms. The number of aliphatic imine (C=N–C) groups is 1. The number of aromatic nitrogens is 3. The maximum Gasteiger partial charge on any atom is 0.191 e. The van der Waals surface area contributed by atoms with Crippen molar-refractivity contribution in [1.82, 2.24) is 25.4 Å². The van der Waals surface area contributed by atoms with Crippen molar-refractivity contribution in [3.05, 3.63) is 11.6 Å². The molecule has 2 rings (SSSR count). The fraction of sp³-hybridized carbons (Fsp3) is 0.850. The van der Waals surface area contributed by atoms with Crippen LogP contribution in [0.4, 0.5) is 0 Å². The molecule has 0 radical (unpaired) electrons. The molecule has 8 heteroatoms. The molecule has 0 spiro atoms. The third-order valence-electron chi connectivity index (χ3n) is 5.65. The molecule has 0 saturated heterocycles. The van der Waals surface area contributed by atoms with Crippen molar-refractivity contribution in [2.24, 2.45) is 17.5 Å². The molecule has 0 atom stereocenters. The summed E-state index contributed by atoms with van der Waals surface area (Å²) in [6, 6.07) is 0. The van der Waals surface area contributed by atoms with Gasteiger partial charge in [0.05, 0.1) is 0 Å². The number of nitrogens with one attached hydrogen (secondary N) is 2. The average Bonchev–Trinajstić information content (AvgIpc) is 3.29. The molecule has 0 aromatic carbocycles. The summed E-state index contributed by atoms with van der Waals surface area (Å²) < 4.78 is 12.8. The maximum atomic E-state index is 5.63. The topological polar surface area (TPSA) is 85.6 Å². The lowest BCUT2D eigenvalue weighted by Crippen LogP contribution is -2.44. The molecule has 1 saturated carbocycles. The molecule has 0 aliphatic heterocycles. The van der Waals surface area contributed by atoms with Gasteiger partial charge in [-0.05, 0) is 44.9 Å².